The molecule has 19 heavy (non-hydrogen) atoms. The average Bonchev–Trinajstić information content (AvgIpc) is 2.44. The Balaban J connectivity index is 2.37. The molecule has 0 amide bonds. The Labute approximate surface area is 121 Å². The van der Waals surface area contributed by atoms with Crippen molar-refractivity contribution in [2.24, 2.45) is 5.92 Å². The van der Waals surface area contributed by atoms with Crippen LogP contribution in [0.15, 0.2) is 0 Å². The van der Waals surface area contributed by atoms with E-state index in [1.165, 1.54) is 29.5 Å². The highest BCUT2D eigenvalue weighted by molar-refractivity contribution is 6.32. The van der Waals surface area contributed by atoms with Crippen LogP contribution in [0.25, 0.3) is 0 Å². The van der Waals surface area contributed by atoms with Crippen molar-refractivity contribution >= 4 is 11.6 Å². The predicted molar refractivity (Wildman–Crippen MR) is 81.5 cm³/mol. The van der Waals surface area contributed by atoms with E-state index >= 15 is 0 Å². The van der Waals surface area contributed by atoms with Gasteiger partial charge in [-0.25, -0.2) is 0 Å². The molecule has 3 heteroatoms. The molecule has 0 bridgehead atoms. The van der Waals surface area contributed by atoms with Gasteiger partial charge >= 0.3 is 0 Å². The van der Waals surface area contributed by atoms with E-state index in [-0.39, 0.29) is 0 Å². The molecule has 0 spiro atoms. The number of halogens is 1. The van der Waals surface area contributed by atoms with E-state index in [0.717, 1.165) is 35.8 Å². The van der Waals surface area contributed by atoms with Gasteiger partial charge in [-0.3, -0.25) is 0 Å². The maximum Gasteiger partial charge on any atom is 0.125 e. The van der Waals surface area contributed by atoms with Crippen LogP contribution in [-0.2, 0) is 6.42 Å². The van der Waals surface area contributed by atoms with Crippen LogP contribution in [0.2, 0.25) is 5.02 Å². The van der Waals surface area contributed by atoms with Crippen molar-refractivity contribution in [1.82, 2.24) is 5.32 Å². The number of ether oxygens (including phenoxy) is 1. The minimum absolute atomic E-state index is 0.694. The number of nitrogens with one attached hydrogen (secondary N) is 1. The maximum atomic E-state index is 6.46. The summed E-state index contributed by atoms with van der Waals surface area (Å²) in [6, 6.07) is 0. The van der Waals surface area contributed by atoms with E-state index in [4.69, 9.17) is 16.3 Å². The van der Waals surface area contributed by atoms with Crippen LogP contribution in [0.5, 0.6) is 5.75 Å². The van der Waals surface area contributed by atoms with E-state index in [1.54, 1.807) is 7.11 Å². The molecule has 1 aliphatic rings. The molecule has 2 nitrogen and oxygen atoms in total. The van der Waals surface area contributed by atoms with Crippen LogP contribution in [-0.4, -0.2) is 20.2 Å². The molecule has 1 atom stereocenters. The largest absolute Gasteiger partial charge is 0.496 e. The molecular weight excluding hydrogens is 258 g/mol. The molecule has 1 fully saturated rings. The van der Waals surface area contributed by atoms with Gasteiger partial charge in [0.1, 0.15) is 5.75 Å². The lowest BCUT2D eigenvalue weighted by Crippen LogP contribution is -2.31. The summed E-state index contributed by atoms with van der Waals surface area (Å²) in [5, 5.41) is 4.38. The highest BCUT2D eigenvalue weighted by Gasteiger charge is 2.21. The van der Waals surface area contributed by atoms with E-state index in [0.29, 0.717) is 5.92 Å². The van der Waals surface area contributed by atoms with E-state index in [1.807, 2.05) is 0 Å². The van der Waals surface area contributed by atoms with Gasteiger partial charge in [-0.05, 0) is 81.3 Å². The average molecular weight is 282 g/mol. The third-order valence-electron chi connectivity index (χ3n) is 4.38. The van der Waals surface area contributed by atoms with Crippen molar-refractivity contribution in [3.05, 3.63) is 27.3 Å². The first kappa shape index (κ1) is 14.7. The predicted octanol–water partition coefficient (Wildman–Crippen LogP) is 3.82. The van der Waals surface area contributed by atoms with Crippen molar-refractivity contribution in [1.29, 1.82) is 0 Å². The standard InChI is InChI=1S/C16H24ClNO/c1-10-11(2)16(19-4)14(12(3)15(10)17)8-13-6-5-7-18-9-13/h13,18H,5-9H2,1-4H3. The molecule has 1 unspecified atom stereocenters. The summed E-state index contributed by atoms with van der Waals surface area (Å²) >= 11 is 6.46. The first-order valence-corrected chi connectivity index (χ1v) is 7.46. The number of piperidine rings is 1. The van der Waals surface area contributed by atoms with Crippen LogP contribution < -0.4 is 10.1 Å². The zero-order valence-corrected chi connectivity index (χ0v) is 13.2. The fraction of sp³-hybridized carbons (Fsp3) is 0.625. The normalized spacial score (nSPS) is 19.5. The quantitative estimate of drug-likeness (QED) is 0.909. The number of hydrogen-bond acceptors (Lipinski definition) is 2. The second kappa shape index (κ2) is 6.15. The second-order valence-electron chi connectivity index (χ2n) is 5.62. The molecule has 2 rings (SSSR count). The smallest absolute Gasteiger partial charge is 0.125 e. The molecule has 1 saturated heterocycles. The van der Waals surface area contributed by atoms with E-state index in [2.05, 4.69) is 26.1 Å². The van der Waals surface area contributed by atoms with Crippen LogP contribution in [0.1, 0.15) is 35.1 Å². The van der Waals surface area contributed by atoms with Gasteiger partial charge in [-0.2, -0.15) is 0 Å². The minimum atomic E-state index is 0.694. The van der Waals surface area contributed by atoms with Gasteiger partial charge in [0, 0.05) is 5.02 Å². The summed E-state index contributed by atoms with van der Waals surface area (Å²) in [5.41, 5.74) is 4.80. The summed E-state index contributed by atoms with van der Waals surface area (Å²) in [4.78, 5) is 0. The second-order valence-corrected chi connectivity index (χ2v) is 6.00. The Morgan fingerprint density at radius 2 is 1.95 bits per heavy atom. The van der Waals surface area contributed by atoms with E-state index in [9.17, 15) is 0 Å². The number of benzene rings is 1. The third-order valence-corrected chi connectivity index (χ3v) is 4.95. The van der Waals surface area contributed by atoms with Crippen LogP contribution >= 0.6 is 11.6 Å². The van der Waals surface area contributed by atoms with Crippen molar-refractivity contribution in [3.63, 3.8) is 0 Å². The van der Waals surface area contributed by atoms with Crippen LogP contribution in [0.3, 0.4) is 0 Å². The van der Waals surface area contributed by atoms with E-state index < -0.39 is 0 Å². The zero-order chi connectivity index (χ0) is 14.0. The Bertz CT molecular complexity index is 465. The Morgan fingerprint density at radius 3 is 2.53 bits per heavy atom. The monoisotopic (exact) mass is 281 g/mol. The lowest BCUT2D eigenvalue weighted by molar-refractivity contribution is 0.362. The molecule has 1 N–H and O–H groups in total. The molecule has 0 aliphatic carbocycles. The van der Waals surface area contributed by atoms with Gasteiger partial charge < -0.3 is 10.1 Å². The molecule has 1 aliphatic heterocycles. The third kappa shape index (κ3) is 2.90. The molecule has 0 radical (unpaired) electrons. The maximum absolute atomic E-state index is 6.46. The van der Waals surface area contributed by atoms with Crippen molar-refractivity contribution in [2.75, 3.05) is 20.2 Å². The SMILES string of the molecule is COc1c(C)c(C)c(Cl)c(C)c1CC1CCCNC1. The first-order valence-electron chi connectivity index (χ1n) is 7.09. The highest BCUT2D eigenvalue weighted by Crippen LogP contribution is 2.37. The van der Waals surface area contributed by atoms with Gasteiger partial charge in [-0.15, -0.1) is 0 Å². The Morgan fingerprint density at radius 1 is 1.21 bits per heavy atom. The summed E-state index contributed by atoms with van der Waals surface area (Å²) in [7, 11) is 1.76. The zero-order valence-electron chi connectivity index (χ0n) is 12.4. The molecule has 106 valence electrons. The summed E-state index contributed by atoms with van der Waals surface area (Å²) in [6.45, 7) is 8.54. The lowest BCUT2D eigenvalue weighted by Gasteiger charge is -2.26. The first-order chi connectivity index (χ1) is 9.06. The number of methoxy groups -OCH3 is 1. The molecule has 1 aromatic carbocycles. The Hall–Kier alpha value is -0.730. The van der Waals surface area contributed by atoms with Gasteiger partial charge in [0.25, 0.3) is 0 Å². The molecule has 1 heterocycles. The number of rotatable bonds is 3. The molecule has 0 aromatic heterocycles. The minimum Gasteiger partial charge on any atom is -0.496 e. The van der Waals surface area contributed by atoms with Crippen molar-refractivity contribution in [2.45, 2.75) is 40.0 Å². The highest BCUT2D eigenvalue weighted by atomic mass is 35.5. The number of hydrogen-bond donors (Lipinski definition) is 1. The summed E-state index contributed by atoms with van der Waals surface area (Å²) in [5.74, 6) is 1.73. The summed E-state index contributed by atoms with van der Waals surface area (Å²) in [6.07, 6.45) is 3.62. The topological polar surface area (TPSA) is 21.3 Å². The molecular formula is C16H24ClNO. The van der Waals surface area contributed by atoms with Crippen LogP contribution in [0, 0.1) is 26.7 Å². The van der Waals surface area contributed by atoms with Crippen LogP contribution in [0.4, 0.5) is 0 Å². The summed E-state index contributed by atoms with van der Waals surface area (Å²) < 4.78 is 5.66. The fourth-order valence-electron chi connectivity index (χ4n) is 3.05. The Kier molecular flexibility index (Phi) is 4.75. The van der Waals surface area contributed by atoms with Crippen molar-refractivity contribution < 1.29 is 4.74 Å². The van der Waals surface area contributed by atoms with Crippen molar-refractivity contribution in [3.8, 4) is 5.75 Å². The molecule has 1 aromatic rings. The fourth-order valence-corrected chi connectivity index (χ4v) is 3.31. The molecule has 0 saturated carbocycles. The van der Waals surface area contributed by atoms with Gasteiger partial charge in [0.2, 0.25) is 0 Å². The van der Waals surface area contributed by atoms with Gasteiger partial charge in [0.05, 0.1) is 7.11 Å². The van der Waals surface area contributed by atoms with Gasteiger partial charge in [-0.1, -0.05) is 11.6 Å². The lowest BCUT2D eigenvalue weighted by atomic mass is 9.88. The van der Waals surface area contributed by atoms with Gasteiger partial charge in [0.15, 0.2) is 0 Å².